The largest absolute Gasteiger partial charge is 0.378 e. The fourth-order valence-corrected chi connectivity index (χ4v) is 1.88. The molecule has 0 aromatic rings. The third-order valence-corrected chi connectivity index (χ3v) is 3.01. The van der Waals surface area contributed by atoms with Gasteiger partial charge in [-0.3, -0.25) is 0 Å². The van der Waals surface area contributed by atoms with Crippen molar-refractivity contribution in [3.63, 3.8) is 0 Å². The number of ether oxygens (including phenoxy) is 1. The highest BCUT2D eigenvalue weighted by atomic mass is 16.5. The first-order chi connectivity index (χ1) is 4.73. The molecule has 2 N–H and O–H groups in total. The van der Waals surface area contributed by atoms with E-state index in [1.807, 2.05) is 0 Å². The van der Waals surface area contributed by atoms with Gasteiger partial charge in [0.1, 0.15) is 0 Å². The standard InChI is InChI=1S/C8H15NO/c1-8(5-6(8)9)7-3-2-4-10-7/h6-7H,2-5,9H2,1H3/t6-,7?,8-/m0/s1. The number of rotatable bonds is 1. The quantitative estimate of drug-likeness (QED) is 0.589. The Bertz CT molecular complexity index is 142. The van der Waals surface area contributed by atoms with Gasteiger partial charge in [0.05, 0.1) is 6.10 Å². The highest BCUT2D eigenvalue weighted by molar-refractivity contribution is 5.08. The van der Waals surface area contributed by atoms with Crippen molar-refractivity contribution in [3.05, 3.63) is 0 Å². The topological polar surface area (TPSA) is 35.2 Å². The molecule has 0 amide bonds. The summed E-state index contributed by atoms with van der Waals surface area (Å²) in [6.07, 6.45) is 4.09. The van der Waals surface area contributed by atoms with Gasteiger partial charge >= 0.3 is 0 Å². The van der Waals surface area contributed by atoms with E-state index < -0.39 is 0 Å². The van der Waals surface area contributed by atoms with Crippen molar-refractivity contribution in [2.24, 2.45) is 11.1 Å². The summed E-state index contributed by atoms with van der Waals surface area (Å²) in [5, 5.41) is 0. The van der Waals surface area contributed by atoms with E-state index in [2.05, 4.69) is 6.92 Å². The van der Waals surface area contributed by atoms with Gasteiger partial charge in [0.25, 0.3) is 0 Å². The molecule has 1 saturated carbocycles. The molecule has 3 atom stereocenters. The Morgan fingerprint density at radius 1 is 1.60 bits per heavy atom. The van der Waals surface area contributed by atoms with Crippen LogP contribution in [0.4, 0.5) is 0 Å². The van der Waals surface area contributed by atoms with E-state index in [0.29, 0.717) is 17.6 Å². The third kappa shape index (κ3) is 0.789. The molecule has 0 radical (unpaired) electrons. The molecule has 2 aliphatic rings. The second-order valence-corrected chi connectivity index (χ2v) is 3.82. The van der Waals surface area contributed by atoms with Gasteiger partial charge in [-0.05, 0) is 19.3 Å². The van der Waals surface area contributed by atoms with E-state index in [1.165, 1.54) is 12.8 Å². The SMILES string of the molecule is C[C@]1(C2CCCO2)C[C@@H]1N. The third-order valence-electron chi connectivity index (χ3n) is 3.01. The lowest BCUT2D eigenvalue weighted by molar-refractivity contribution is 0.0566. The monoisotopic (exact) mass is 141 g/mol. The molecule has 2 nitrogen and oxygen atoms in total. The van der Waals surface area contributed by atoms with Gasteiger partial charge in [-0.2, -0.15) is 0 Å². The summed E-state index contributed by atoms with van der Waals surface area (Å²) in [7, 11) is 0. The van der Waals surface area contributed by atoms with Gasteiger partial charge in [-0.15, -0.1) is 0 Å². The Balaban J connectivity index is 1.99. The number of hydrogen-bond acceptors (Lipinski definition) is 2. The summed E-state index contributed by atoms with van der Waals surface area (Å²) in [6.45, 7) is 3.20. The molecule has 0 bridgehead atoms. The lowest BCUT2D eigenvalue weighted by atomic mass is 9.98. The number of hydrogen-bond donors (Lipinski definition) is 1. The molecule has 0 aromatic heterocycles. The van der Waals surface area contributed by atoms with Gasteiger partial charge in [0.2, 0.25) is 0 Å². The molecule has 2 heteroatoms. The highest BCUT2D eigenvalue weighted by Crippen LogP contribution is 2.50. The van der Waals surface area contributed by atoms with Crippen LogP contribution in [0.2, 0.25) is 0 Å². The summed E-state index contributed by atoms with van der Waals surface area (Å²) in [5.74, 6) is 0. The normalized spacial score (nSPS) is 53.4. The Kier molecular flexibility index (Phi) is 1.29. The molecule has 58 valence electrons. The van der Waals surface area contributed by atoms with Crippen molar-refractivity contribution < 1.29 is 4.74 Å². The van der Waals surface area contributed by atoms with E-state index in [9.17, 15) is 0 Å². The predicted molar refractivity (Wildman–Crippen MR) is 39.7 cm³/mol. The second-order valence-electron chi connectivity index (χ2n) is 3.82. The zero-order valence-electron chi connectivity index (χ0n) is 6.47. The Morgan fingerprint density at radius 3 is 2.70 bits per heavy atom. The van der Waals surface area contributed by atoms with Crippen molar-refractivity contribution in [3.8, 4) is 0 Å². The van der Waals surface area contributed by atoms with Gasteiger partial charge in [0, 0.05) is 18.1 Å². The van der Waals surface area contributed by atoms with Crippen LogP contribution in [0, 0.1) is 5.41 Å². The highest BCUT2D eigenvalue weighted by Gasteiger charge is 2.54. The van der Waals surface area contributed by atoms with E-state index in [1.54, 1.807) is 0 Å². The molecule has 0 spiro atoms. The number of nitrogens with two attached hydrogens (primary N) is 1. The zero-order chi connectivity index (χ0) is 7.19. The molecular formula is C8H15NO. The molecule has 10 heavy (non-hydrogen) atoms. The van der Waals surface area contributed by atoms with Crippen LogP contribution in [0.1, 0.15) is 26.2 Å². The molecule has 1 saturated heterocycles. The van der Waals surface area contributed by atoms with Crippen molar-refractivity contribution >= 4 is 0 Å². The minimum Gasteiger partial charge on any atom is -0.378 e. The zero-order valence-corrected chi connectivity index (χ0v) is 6.47. The fraction of sp³-hybridized carbons (Fsp3) is 1.00. The molecule has 1 aliphatic carbocycles. The van der Waals surface area contributed by atoms with Crippen LogP contribution in [-0.2, 0) is 4.74 Å². The molecule has 2 fully saturated rings. The molecule has 2 rings (SSSR count). The summed E-state index contributed by atoms with van der Waals surface area (Å²) < 4.78 is 5.57. The van der Waals surface area contributed by atoms with Crippen LogP contribution in [-0.4, -0.2) is 18.8 Å². The summed E-state index contributed by atoms with van der Waals surface area (Å²) in [4.78, 5) is 0. The average Bonchev–Trinajstić information content (AvgIpc) is 2.35. The van der Waals surface area contributed by atoms with Crippen molar-refractivity contribution in [2.75, 3.05) is 6.61 Å². The van der Waals surface area contributed by atoms with Crippen molar-refractivity contribution in [1.82, 2.24) is 0 Å². The molecule has 0 aromatic carbocycles. The summed E-state index contributed by atoms with van der Waals surface area (Å²) in [5.41, 5.74) is 6.14. The van der Waals surface area contributed by atoms with E-state index in [0.717, 1.165) is 13.0 Å². The van der Waals surface area contributed by atoms with Gasteiger partial charge in [-0.1, -0.05) is 6.92 Å². The van der Waals surface area contributed by atoms with E-state index in [-0.39, 0.29) is 0 Å². The smallest absolute Gasteiger partial charge is 0.0644 e. The van der Waals surface area contributed by atoms with Crippen molar-refractivity contribution in [2.45, 2.75) is 38.3 Å². The van der Waals surface area contributed by atoms with Crippen LogP contribution < -0.4 is 5.73 Å². The maximum atomic E-state index is 5.80. The molecule has 1 unspecified atom stereocenters. The van der Waals surface area contributed by atoms with E-state index >= 15 is 0 Å². The molecule has 1 heterocycles. The van der Waals surface area contributed by atoms with Crippen molar-refractivity contribution in [1.29, 1.82) is 0 Å². The van der Waals surface area contributed by atoms with Gasteiger partial charge in [-0.25, -0.2) is 0 Å². The Hall–Kier alpha value is -0.0800. The fourth-order valence-electron chi connectivity index (χ4n) is 1.88. The Labute approximate surface area is 61.7 Å². The molecular weight excluding hydrogens is 126 g/mol. The first kappa shape index (κ1) is 6.62. The average molecular weight is 141 g/mol. The van der Waals surface area contributed by atoms with Crippen LogP contribution in [0.15, 0.2) is 0 Å². The maximum absolute atomic E-state index is 5.80. The first-order valence-electron chi connectivity index (χ1n) is 4.11. The predicted octanol–water partition coefficient (Wildman–Crippen LogP) is 0.903. The summed E-state index contributed by atoms with van der Waals surface area (Å²) in [6, 6.07) is 0.413. The second kappa shape index (κ2) is 1.95. The van der Waals surface area contributed by atoms with Crippen LogP contribution in [0.5, 0.6) is 0 Å². The minimum atomic E-state index is 0.344. The van der Waals surface area contributed by atoms with Gasteiger partial charge < -0.3 is 10.5 Å². The molecule has 1 aliphatic heterocycles. The first-order valence-corrected chi connectivity index (χ1v) is 4.11. The summed E-state index contributed by atoms with van der Waals surface area (Å²) >= 11 is 0. The Morgan fingerprint density at radius 2 is 2.30 bits per heavy atom. The lowest BCUT2D eigenvalue weighted by Crippen LogP contribution is -2.24. The van der Waals surface area contributed by atoms with Crippen LogP contribution in [0.25, 0.3) is 0 Å². The van der Waals surface area contributed by atoms with Gasteiger partial charge in [0.15, 0.2) is 0 Å². The lowest BCUT2D eigenvalue weighted by Gasteiger charge is -2.17. The van der Waals surface area contributed by atoms with E-state index in [4.69, 9.17) is 10.5 Å². The van der Waals surface area contributed by atoms with Crippen LogP contribution >= 0.6 is 0 Å². The van der Waals surface area contributed by atoms with Crippen LogP contribution in [0.3, 0.4) is 0 Å². The maximum Gasteiger partial charge on any atom is 0.0644 e. The minimum absolute atomic E-state index is 0.344.